The Morgan fingerprint density at radius 1 is 0.976 bits per heavy atom. The lowest BCUT2D eigenvalue weighted by Crippen LogP contribution is -2.44. The predicted molar refractivity (Wildman–Crippen MR) is 151 cm³/mol. The first-order chi connectivity index (χ1) is 20.1. The molecule has 1 aromatic heterocycles. The van der Waals surface area contributed by atoms with Crippen molar-refractivity contribution in [3.05, 3.63) is 83.6 Å². The fraction of sp³-hybridized carbons (Fsp3) is 0.400. The number of halogens is 3. The third-order valence-corrected chi connectivity index (χ3v) is 9.19. The number of benzene rings is 2. The Morgan fingerprint density at radius 3 is 2.31 bits per heavy atom. The number of ether oxygens (including phenoxy) is 1. The minimum Gasteiger partial charge on any atom is -0.474 e. The lowest BCUT2D eigenvalue weighted by molar-refractivity contribution is -0.137. The molecule has 0 amide bonds. The van der Waals surface area contributed by atoms with Crippen LogP contribution in [0.3, 0.4) is 0 Å². The molecule has 222 valence electrons. The highest BCUT2D eigenvalue weighted by Crippen LogP contribution is 2.31. The molecule has 5 rings (SSSR count). The molecule has 3 heterocycles. The summed E-state index contributed by atoms with van der Waals surface area (Å²) in [6, 6.07) is 17.7. The van der Waals surface area contributed by atoms with Crippen LogP contribution in [-0.2, 0) is 22.7 Å². The van der Waals surface area contributed by atoms with Crippen LogP contribution >= 0.6 is 0 Å². The quantitative estimate of drug-likeness (QED) is 0.391. The van der Waals surface area contributed by atoms with Crippen molar-refractivity contribution >= 4 is 15.7 Å². The second kappa shape index (κ2) is 12.7. The Bertz CT molecular complexity index is 1490. The van der Waals surface area contributed by atoms with E-state index < -0.39 is 21.8 Å². The average Bonchev–Trinajstić information content (AvgIpc) is 2.98. The zero-order valence-electron chi connectivity index (χ0n) is 22.9. The zero-order chi connectivity index (χ0) is 29.7. The molecule has 0 unspecified atom stereocenters. The summed E-state index contributed by atoms with van der Waals surface area (Å²) in [5, 5.41) is 9.10. The number of likely N-dealkylation sites (tertiary alicyclic amines) is 1. The number of piperidine rings is 2. The van der Waals surface area contributed by atoms with Gasteiger partial charge in [0.25, 0.3) is 0 Å². The molecule has 2 aliphatic rings. The van der Waals surface area contributed by atoms with E-state index in [1.807, 2.05) is 23.1 Å². The Balaban J connectivity index is 1.07. The maximum absolute atomic E-state index is 13.0. The first-order valence-corrected chi connectivity index (χ1v) is 15.4. The van der Waals surface area contributed by atoms with Crippen LogP contribution in [0.4, 0.5) is 18.9 Å². The number of nitrogens with one attached hydrogen (secondary N) is 1. The number of nitrogens with zero attached hydrogens (tertiary/aromatic N) is 4. The monoisotopic (exact) mass is 599 g/mol. The summed E-state index contributed by atoms with van der Waals surface area (Å²) in [4.78, 5) is 8.57. The molecule has 2 saturated heterocycles. The standard InChI is InChI=1S/C30H32F3N5O3S/c31-30(32,33)24-4-6-26(7-5-24)38-16-12-27(13-17-38)41-29-9-8-28(20-35-29)42(39,40)36-25-10-14-37(15-11-25)21-23-3-1-2-22(18-23)19-34/h1-9,18,20,25,27,36H,10-17,21H2. The minimum absolute atomic E-state index is 0.0720. The predicted octanol–water partition coefficient (Wildman–Crippen LogP) is 4.96. The molecule has 0 spiro atoms. The van der Waals surface area contributed by atoms with E-state index in [1.165, 1.54) is 24.4 Å². The molecule has 0 atom stereocenters. The molecule has 0 radical (unpaired) electrons. The van der Waals surface area contributed by atoms with Gasteiger partial charge in [-0.15, -0.1) is 0 Å². The van der Waals surface area contributed by atoms with Crippen LogP contribution < -0.4 is 14.4 Å². The summed E-state index contributed by atoms with van der Waals surface area (Å²) >= 11 is 0. The Labute approximate surface area is 243 Å². The van der Waals surface area contributed by atoms with Crippen molar-refractivity contribution in [1.82, 2.24) is 14.6 Å². The van der Waals surface area contributed by atoms with Gasteiger partial charge in [-0.2, -0.15) is 18.4 Å². The number of hydrogen-bond acceptors (Lipinski definition) is 7. The smallest absolute Gasteiger partial charge is 0.416 e. The normalized spacial score (nSPS) is 17.6. The van der Waals surface area contributed by atoms with E-state index in [9.17, 15) is 21.6 Å². The molecular weight excluding hydrogens is 567 g/mol. The summed E-state index contributed by atoms with van der Waals surface area (Å²) in [6.07, 6.45) is -0.514. The second-order valence-electron chi connectivity index (χ2n) is 10.7. The molecule has 0 aliphatic carbocycles. The van der Waals surface area contributed by atoms with Crippen molar-refractivity contribution in [2.75, 3.05) is 31.1 Å². The summed E-state index contributed by atoms with van der Waals surface area (Å²) in [5.41, 5.74) is 1.75. The van der Waals surface area contributed by atoms with Crippen molar-refractivity contribution in [2.24, 2.45) is 0 Å². The van der Waals surface area contributed by atoms with Crippen LogP contribution in [0.2, 0.25) is 0 Å². The topological polar surface area (TPSA) is 98.6 Å². The Morgan fingerprint density at radius 2 is 1.69 bits per heavy atom. The van der Waals surface area contributed by atoms with Crippen LogP contribution in [0.25, 0.3) is 0 Å². The summed E-state index contributed by atoms with van der Waals surface area (Å²) in [7, 11) is -3.75. The average molecular weight is 600 g/mol. The van der Waals surface area contributed by atoms with E-state index in [0.29, 0.717) is 56.8 Å². The van der Waals surface area contributed by atoms with Gasteiger partial charge in [-0.25, -0.2) is 18.1 Å². The molecule has 3 aromatic rings. The SMILES string of the molecule is N#Cc1cccc(CN2CCC(NS(=O)(=O)c3ccc(OC4CCN(c5ccc(C(F)(F)F)cc5)CC4)nc3)CC2)c1. The van der Waals surface area contributed by atoms with Crippen molar-refractivity contribution < 1.29 is 26.3 Å². The number of hydrogen-bond donors (Lipinski definition) is 1. The van der Waals surface area contributed by atoms with Gasteiger partial charge in [-0.1, -0.05) is 12.1 Å². The van der Waals surface area contributed by atoms with Gasteiger partial charge in [0.1, 0.15) is 11.0 Å². The Kier molecular flexibility index (Phi) is 9.01. The Hall–Kier alpha value is -3.66. The first-order valence-electron chi connectivity index (χ1n) is 13.9. The van der Waals surface area contributed by atoms with Crippen molar-refractivity contribution in [1.29, 1.82) is 5.26 Å². The number of aromatic nitrogens is 1. The van der Waals surface area contributed by atoms with Crippen LogP contribution in [-0.4, -0.2) is 56.6 Å². The van der Waals surface area contributed by atoms with E-state index in [2.05, 4.69) is 20.7 Å². The molecular formula is C30H32F3N5O3S. The van der Waals surface area contributed by atoms with Gasteiger partial charge in [0, 0.05) is 63.4 Å². The molecule has 1 N–H and O–H groups in total. The van der Waals surface area contributed by atoms with Crippen LogP contribution in [0, 0.1) is 11.3 Å². The highest BCUT2D eigenvalue weighted by atomic mass is 32.2. The third-order valence-electron chi connectivity index (χ3n) is 7.68. The highest BCUT2D eigenvalue weighted by Gasteiger charge is 2.31. The van der Waals surface area contributed by atoms with Crippen LogP contribution in [0.1, 0.15) is 42.4 Å². The maximum atomic E-state index is 13.0. The number of anilines is 1. The number of sulfonamides is 1. The molecule has 0 saturated carbocycles. The molecule has 2 fully saturated rings. The lowest BCUT2D eigenvalue weighted by atomic mass is 10.0. The zero-order valence-corrected chi connectivity index (χ0v) is 23.7. The second-order valence-corrected chi connectivity index (χ2v) is 12.4. The fourth-order valence-corrected chi connectivity index (χ4v) is 6.60. The van der Waals surface area contributed by atoms with Gasteiger partial charge in [0.15, 0.2) is 0 Å². The maximum Gasteiger partial charge on any atom is 0.416 e. The third kappa shape index (κ3) is 7.59. The van der Waals surface area contributed by atoms with Gasteiger partial charge in [-0.05, 0) is 60.9 Å². The van der Waals surface area contributed by atoms with Crippen LogP contribution in [0.15, 0.2) is 71.8 Å². The molecule has 42 heavy (non-hydrogen) atoms. The van der Waals surface area contributed by atoms with Gasteiger partial charge in [0.2, 0.25) is 15.9 Å². The summed E-state index contributed by atoms with van der Waals surface area (Å²) in [5.74, 6) is 0.329. The number of pyridine rings is 1. The van der Waals surface area contributed by atoms with E-state index in [4.69, 9.17) is 10.00 Å². The van der Waals surface area contributed by atoms with E-state index >= 15 is 0 Å². The molecule has 2 aromatic carbocycles. The van der Waals surface area contributed by atoms with Crippen molar-refractivity contribution in [3.8, 4) is 11.9 Å². The minimum atomic E-state index is -4.36. The number of rotatable bonds is 8. The number of alkyl halides is 3. The summed E-state index contributed by atoms with van der Waals surface area (Å²) in [6.45, 7) is 3.45. The van der Waals surface area contributed by atoms with Crippen molar-refractivity contribution in [3.63, 3.8) is 0 Å². The van der Waals surface area contributed by atoms with Crippen LogP contribution in [0.5, 0.6) is 5.88 Å². The van der Waals surface area contributed by atoms with E-state index in [1.54, 1.807) is 12.1 Å². The van der Waals surface area contributed by atoms with Gasteiger partial charge >= 0.3 is 6.18 Å². The molecule has 0 bridgehead atoms. The van der Waals surface area contributed by atoms with Gasteiger partial charge < -0.3 is 9.64 Å². The van der Waals surface area contributed by atoms with E-state index in [-0.39, 0.29) is 17.0 Å². The number of nitriles is 1. The van der Waals surface area contributed by atoms with Gasteiger partial charge in [-0.3, -0.25) is 4.90 Å². The fourth-order valence-electron chi connectivity index (χ4n) is 5.35. The van der Waals surface area contributed by atoms with E-state index in [0.717, 1.165) is 36.5 Å². The summed E-state index contributed by atoms with van der Waals surface area (Å²) < 4.78 is 73.2. The molecule has 8 nitrogen and oxygen atoms in total. The molecule has 12 heteroatoms. The van der Waals surface area contributed by atoms with Gasteiger partial charge in [0.05, 0.1) is 23.4 Å². The lowest BCUT2D eigenvalue weighted by Gasteiger charge is -2.33. The largest absolute Gasteiger partial charge is 0.474 e. The molecule has 2 aliphatic heterocycles. The highest BCUT2D eigenvalue weighted by molar-refractivity contribution is 7.89. The first kappa shape index (κ1) is 29.8. The van der Waals surface area contributed by atoms with Crippen molar-refractivity contribution in [2.45, 2.75) is 55.4 Å².